The smallest absolute Gasteiger partial charge is 0.120 e. The van der Waals surface area contributed by atoms with Gasteiger partial charge in [-0.1, -0.05) is 12.1 Å². The van der Waals surface area contributed by atoms with Gasteiger partial charge in [-0.3, -0.25) is 0 Å². The van der Waals surface area contributed by atoms with Crippen molar-refractivity contribution in [2.24, 2.45) is 0 Å². The Kier molecular flexibility index (Phi) is 3.40. The molecule has 0 heterocycles. The van der Waals surface area contributed by atoms with Gasteiger partial charge in [-0.2, -0.15) is 0 Å². The largest absolute Gasteiger partial charge is 0.490 e. The third kappa shape index (κ3) is 2.99. The fourth-order valence-electron chi connectivity index (χ4n) is 1.65. The fourth-order valence-corrected chi connectivity index (χ4v) is 1.65. The van der Waals surface area contributed by atoms with Gasteiger partial charge in [0.15, 0.2) is 0 Å². The van der Waals surface area contributed by atoms with Crippen molar-refractivity contribution in [2.45, 2.75) is 44.5 Å². The molecule has 0 aromatic heterocycles. The summed E-state index contributed by atoms with van der Waals surface area (Å²) in [4.78, 5) is 0. The fraction of sp³-hybridized carbons (Fsp3) is 0.571. The summed E-state index contributed by atoms with van der Waals surface area (Å²) >= 11 is 0. The number of aliphatic hydroxyl groups is 1. The van der Waals surface area contributed by atoms with Crippen LogP contribution in [0.3, 0.4) is 0 Å². The van der Waals surface area contributed by atoms with Crippen molar-refractivity contribution >= 4 is 0 Å². The van der Waals surface area contributed by atoms with Crippen molar-refractivity contribution in [3.05, 3.63) is 29.8 Å². The molecule has 17 heavy (non-hydrogen) atoms. The van der Waals surface area contributed by atoms with Crippen LogP contribution in [0, 0.1) is 0 Å². The molecule has 0 aliphatic heterocycles. The summed E-state index contributed by atoms with van der Waals surface area (Å²) in [7, 11) is 1.60. The number of methoxy groups -OCH3 is 1. The van der Waals surface area contributed by atoms with Crippen LogP contribution in [-0.2, 0) is 4.74 Å². The minimum atomic E-state index is -0.657. The Hall–Kier alpha value is -1.06. The summed E-state index contributed by atoms with van der Waals surface area (Å²) in [5.74, 6) is 0.830. The molecule has 1 aliphatic rings. The Morgan fingerprint density at radius 1 is 1.35 bits per heavy atom. The molecule has 1 aliphatic carbocycles. The van der Waals surface area contributed by atoms with E-state index in [9.17, 15) is 5.11 Å². The monoisotopic (exact) mass is 236 g/mol. The second-order valence-corrected chi connectivity index (χ2v) is 5.10. The molecular formula is C14H20O3. The summed E-state index contributed by atoms with van der Waals surface area (Å²) in [6.45, 7) is 3.73. The Morgan fingerprint density at radius 3 is 2.65 bits per heavy atom. The van der Waals surface area contributed by atoms with E-state index in [1.807, 2.05) is 38.1 Å². The third-order valence-corrected chi connectivity index (χ3v) is 3.19. The van der Waals surface area contributed by atoms with Crippen molar-refractivity contribution in [1.82, 2.24) is 0 Å². The van der Waals surface area contributed by atoms with E-state index in [4.69, 9.17) is 9.47 Å². The zero-order valence-electron chi connectivity index (χ0n) is 10.6. The van der Waals surface area contributed by atoms with Gasteiger partial charge in [-0.15, -0.1) is 0 Å². The van der Waals surface area contributed by atoms with Crippen LogP contribution in [0.4, 0.5) is 0 Å². The van der Waals surface area contributed by atoms with E-state index in [1.165, 1.54) is 0 Å². The van der Waals surface area contributed by atoms with Crippen LogP contribution >= 0.6 is 0 Å². The van der Waals surface area contributed by atoms with Crippen LogP contribution in [0.5, 0.6) is 5.75 Å². The normalized spacial score (nSPS) is 17.9. The number of aliphatic hydroxyl groups excluding tert-OH is 1. The summed E-state index contributed by atoms with van der Waals surface area (Å²) in [5.41, 5.74) is 0.230. The first-order valence-corrected chi connectivity index (χ1v) is 6.03. The van der Waals surface area contributed by atoms with E-state index >= 15 is 0 Å². The van der Waals surface area contributed by atoms with Gasteiger partial charge in [0.2, 0.25) is 0 Å². The van der Waals surface area contributed by atoms with E-state index in [-0.39, 0.29) is 0 Å². The lowest BCUT2D eigenvalue weighted by atomic mass is 9.94. The molecule has 1 saturated carbocycles. The lowest BCUT2D eigenvalue weighted by Crippen LogP contribution is -2.31. The Labute approximate surface area is 102 Å². The van der Waals surface area contributed by atoms with E-state index < -0.39 is 11.7 Å². The Balaban J connectivity index is 2.14. The van der Waals surface area contributed by atoms with Gasteiger partial charge in [-0.25, -0.2) is 0 Å². The molecular weight excluding hydrogens is 216 g/mol. The highest BCUT2D eigenvalue weighted by Crippen LogP contribution is 2.32. The van der Waals surface area contributed by atoms with Gasteiger partial charge < -0.3 is 14.6 Å². The zero-order chi connectivity index (χ0) is 12.5. The molecule has 1 aromatic carbocycles. The second-order valence-electron chi connectivity index (χ2n) is 5.10. The standard InChI is InChI=1S/C14H20O3/c1-14(2,16-3)13(15)10-5-4-6-12(9-10)17-11-7-8-11/h4-6,9,11,13,15H,7-8H2,1-3H3. The Morgan fingerprint density at radius 2 is 2.06 bits per heavy atom. The van der Waals surface area contributed by atoms with Crippen molar-refractivity contribution in [1.29, 1.82) is 0 Å². The van der Waals surface area contributed by atoms with Crippen LogP contribution in [-0.4, -0.2) is 23.9 Å². The van der Waals surface area contributed by atoms with E-state index in [0.29, 0.717) is 6.10 Å². The molecule has 1 unspecified atom stereocenters. The quantitative estimate of drug-likeness (QED) is 0.854. The van der Waals surface area contributed by atoms with Crippen molar-refractivity contribution in [2.75, 3.05) is 7.11 Å². The maximum absolute atomic E-state index is 10.2. The SMILES string of the molecule is COC(C)(C)C(O)c1cccc(OC2CC2)c1. The van der Waals surface area contributed by atoms with Crippen LogP contribution in [0.2, 0.25) is 0 Å². The molecule has 1 fully saturated rings. The third-order valence-electron chi connectivity index (χ3n) is 3.19. The van der Waals surface area contributed by atoms with Gasteiger partial charge in [0.25, 0.3) is 0 Å². The van der Waals surface area contributed by atoms with Crippen LogP contribution in [0.25, 0.3) is 0 Å². The first-order valence-electron chi connectivity index (χ1n) is 6.03. The van der Waals surface area contributed by atoms with Crippen LogP contribution < -0.4 is 4.74 Å². The molecule has 3 heteroatoms. The van der Waals surface area contributed by atoms with Gasteiger partial charge in [-0.05, 0) is 44.4 Å². The van der Waals surface area contributed by atoms with Gasteiger partial charge in [0, 0.05) is 7.11 Å². The maximum Gasteiger partial charge on any atom is 0.120 e. The summed E-state index contributed by atoms with van der Waals surface area (Å²) in [6.07, 6.45) is 1.99. The first kappa shape index (κ1) is 12.4. The first-order chi connectivity index (χ1) is 8.03. The van der Waals surface area contributed by atoms with E-state index in [0.717, 1.165) is 24.2 Å². The molecule has 1 N–H and O–H groups in total. The summed E-state index contributed by atoms with van der Waals surface area (Å²) < 4.78 is 11.0. The topological polar surface area (TPSA) is 38.7 Å². The molecule has 0 saturated heterocycles. The number of benzene rings is 1. The van der Waals surface area contributed by atoms with Crippen molar-refractivity contribution in [3.63, 3.8) is 0 Å². The molecule has 1 atom stereocenters. The lowest BCUT2D eigenvalue weighted by Gasteiger charge is -2.29. The Bertz CT molecular complexity index is 383. The zero-order valence-corrected chi connectivity index (χ0v) is 10.6. The van der Waals surface area contributed by atoms with Crippen LogP contribution in [0.15, 0.2) is 24.3 Å². The highest BCUT2D eigenvalue weighted by molar-refractivity contribution is 5.31. The number of hydrogen-bond acceptors (Lipinski definition) is 3. The van der Waals surface area contributed by atoms with Gasteiger partial charge in [0.05, 0.1) is 11.7 Å². The lowest BCUT2D eigenvalue weighted by molar-refractivity contribution is -0.0793. The minimum Gasteiger partial charge on any atom is -0.490 e. The number of rotatable bonds is 5. The summed E-state index contributed by atoms with van der Waals surface area (Å²) in [5, 5.41) is 10.2. The molecule has 0 bridgehead atoms. The molecule has 1 aromatic rings. The molecule has 0 radical (unpaired) electrons. The molecule has 0 spiro atoms. The molecule has 0 amide bonds. The van der Waals surface area contributed by atoms with Crippen molar-refractivity contribution < 1.29 is 14.6 Å². The number of hydrogen-bond donors (Lipinski definition) is 1. The predicted molar refractivity (Wildman–Crippen MR) is 66.1 cm³/mol. The van der Waals surface area contributed by atoms with E-state index in [2.05, 4.69) is 0 Å². The summed E-state index contributed by atoms with van der Waals surface area (Å²) in [6, 6.07) is 7.62. The number of ether oxygens (including phenoxy) is 2. The van der Waals surface area contributed by atoms with E-state index in [1.54, 1.807) is 7.11 Å². The minimum absolute atomic E-state index is 0.373. The highest BCUT2D eigenvalue weighted by Gasteiger charge is 2.29. The molecule has 3 nitrogen and oxygen atoms in total. The van der Waals surface area contributed by atoms with Gasteiger partial charge in [0.1, 0.15) is 11.9 Å². The second kappa shape index (κ2) is 4.67. The predicted octanol–water partition coefficient (Wildman–Crippen LogP) is 2.69. The van der Waals surface area contributed by atoms with Gasteiger partial charge >= 0.3 is 0 Å². The van der Waals surface area contributed by atoms with Crippen LogP contribution in [0.1, 0.15) is 38.4 Å². The average Bonchev–Trinajstić information content (AvgIpc) is 3.12. The molecule has 94 valence electrons. The molecule has 2 rings (SSSR count). The van der Waals surface area contributed by atoms with Crippen molar-refractivity contribution in [3.8, 4) is 5.75 Å². The average molecular weight is 236 g/mol. The highest BCUT2D eigenvalue weighted by atomic mass is 16.5. The maximum atomic E-state index is 10.2.